The number of aromatic nitrogens is 4. The van der Waals surface area contributed by atoms with Gasteiger partial charge in [0.25, 0.3) is 0 Å². The number of halogens is 1. The first-order valence-corrected chi connectivity index (χ1v) is 12.4. The molecule has 0 aliphatic heterocycles. The van der Waals surface area contributed by atoms with Crippen LogP contribution >= 0.6 is 12.4 Å². The van der Waals surface area contributed by atoms with E-state index in [-0.39, 0.29) is 18.5 Å². The Morgan fingerprint density at radius 1 is 0.972 bits per heavy atom. The predicted molar refractivity (Wildman–Crippen MR) is 143 cm³/mol. The first-order chi connectivity index (χ1) is 17.1. The van der Waals surface area contributed by atoms with Gasteiger partial charge in [0.1, 0.15) is 17.5 Å². The highest BCUT2D eigenvalue weighted by Crippen LogP contribution is 2.42. The first kappa shape index (κ1) is 24.2. The summed E-state index contributed by atoms with van der Waals surface area (Å²) >= 11 is 0. The number of aliphatic hydroxyl groups is 1. The summed E-state index contributed by atoms with van der Waals surface area (Å²) in [5.41, 5.74) is 5.92. The molecule has 2 fully saturated rings. The fraction of sp³-hybridized carbons (Fsp3) is 0.357. The highest BCUT2D eigenvalue weighted by molar-refractivity contribution is 5.85. The zero-order chi connectivity index (χ0) is 23.9. The van der Waals surface area contributed by atoms with Crippen LogP contribution in [0.3, 0.4) is 0 Å². The first-order valence-electron chi connectivity index (χ1n) is 12.4. The molecule has 2 N–H and O–H groups in total. The number of benzene rings is 1. The molecular formula is C28H29ClN6O. The average molecular weight is 501 g/mol. The normalized spacial score (nSPS) is 19.5. The van der Waals surface area contributed by atoms with Gasteiger partial charge in [-0.2, -0.15) is 5.26 Å². The molecule has 4 aromatic rings. The van der Waals surface area contributed by atoms with Crippen LogP contribution in [0.5, 0.6) is 0 Å². The lowest BCUT2D eigenvalue weighted by molar-refractivity contribution is 0.111. The molecule has 7 nitrogen and oxygen atoms in total. The highest BCUT2D eigenvalue weighted by Gasteiger charge is 2.26. The van der Waals surface area contributed by atoms with Crippen LogP contribution < -0.4 is 5.32 Å². The molecule has 2 aliphatic carbocycles. The SMILES string of the molecule is Cc1nc2ccc(-c3cc(C4CC4)cc(Nc4cc(C#N)ccn4)n3)cc2n1C1CCC(O)CC1.Cl. The zero-order valence-corrected chi connectivity index (χ0v) is 21.0. The summed E-state index contributed by atoms with van der Waals surface area (Å²) in [5.74, 6) is 2.93. The Labute approximate surface area is 216 Å². The molecule has 0 bridgehead atoms. The number of aliphatic hydroxyl groups excluding tert-OH is 1. The highest BCUT2D eigenvalue weighted by atomic mass is 35.5. The van der Waals surface area contributed by atoms with Crippen LogP contribution in [0.2, 0.25) is 0 Å². The van der Waals surface area contributed by atoms with Crippen molar-refractivity contribution < 1.29 is 5.11 Å². The zero-order valence-electron chi connectivity index (χ0n) is 20.2. The molecule has 36 heavy (non-hydrogen) atoms. The molecule has 2 aliphatic rings. The number of anilines is 2. The van der Waals surface area contributed by atoms with E-state index in [1.54, 1.807) is 18.3 Å². The van der Waals surface area contributed by atoms with Gasteiger partial charge in [0, 0.05) is 17.8 Å². The average Bonchev–Trinajstić information content (AvgIpc) is 3.67. The lowest BCUT2D eigenvalue weighted by atomic mass is 9.92. The van der Waals surface area contributed by atoms with Crippen LogP contribution in [-0.2, 0) is 0 Å². The standard InChI is InChI=1S/C28H28N6O.ClH/c1-17-31-24-9-4-20(14-26(24)34(17)22-5-7-23(35)8-6-22)25-13-21(19-2-3-19)15-28(32-25)33-27-12-18(16-29)10-11-30-27;/h4,9-15,19,22-23,35H,2-3,5-8H2,1H3,(H,30,32,33);1H. The van der Waals surface area contributed by atoms with Gasteiger partial charge in [-0.05, 0) is 93.3 Å². The summed E-state index contributed by atoms with van der Waals surface area (Å²) < 4.78 is 2.35. The summed E-state index contributed by atoms with van der Waals surface area (Å²) in [7, 11) is 0. The van der Waals surface area contributed by atoms with Crippen LogP contribution in [0.15, 0.2) is 48.7 Å². The summed E-state index contributed by atoms with van der Waals surface area (Å²) in [6.45, 7) is 2.07. The monoisotopic (exact) mass is 500 g/mol. The third-order valence-electron chi connectivity index (χ3n) is 7.23. The fourth-order valence-corrected chi connectivity index (χ4v) is 5.27. The molecule has 0 radical (unpaired) electrons. The van der Waals surface area contributed by atoms with Crippen LogP contribution in [0.4, 0.5) is 11.6 Å². The van der Waals surface area contributed by atoms with E-state index in [1.807, 2.05) is 0 Å². The van der Waals surface area contributed by atoms with Crippen molar-refractivity contribution in [2.45, 2.75) is 63.5 Å². The van der Waals surface area contributed by atoms with E-state index in [1.165, 1.54) is 18.4 Å². The Morgan fingerprint density at radius 3 is 2.53 bits per heavy atom. The number of nitrogens with zero attached hydrogens (tertiary/aromatic N) is 5. The molecule has 0 amide bonds. The van der Waals surface area contributed by atoms with Gasteiger partial charge in [-0.1, -0.05) is 6.07 Å². The molecule has 0 unspecified atom stereocenters. The second-order valence-electron chi connectivity index (χ2n) is 9.81. The smallest absolute Gasteiger partial charge is 0.132 e. The van der Waals surface area contributed by atoms with Crippen LogP contribution in [0, 0.1) is 18.3 Å². The summed E-state index contributed by atoms with van der Waals surface area (Å²) in [6.07, 6.45) is 7.46. The van der Waals surface area contributed by atoms with Crippen molar-refractivity contribution in [1.82, 2.24) is 19.5 Å². The minimum Gasteiger partial charge on any atom is -0.393 e. The molecular weight excluding hydrogens is 472 g/mol. The molecule has 184 valence electrons. The number of imidazole rings is 1. The molecule has 0 atom stereocenters. The molecule has 6 rings (SSSR count). The van der Waals surface area contributed by atoms with Crippen molar-refractivity contribution >= 4 is 35.1 Å². The molecule has 0 saturated heterocycles. The lowest BCUT2D eigenvalue weighted by Gasteiger charge is -2.28. The van der Waals surface area contributed by atoms with Crippen LogP contribution in [-0.4, -0.2) is 30.7 Å². The van der Waals surface area contributed by atoms with E-state index in [0.29, 0.717) is 23.3 Å². The number of rotatable bonds is 5. The Hall–Kier alpha value is -3.47. The summed E-state index contributed by atoms with van der Waals surface area (Å²) in [5, 5.41) is 22.5. The van der Waals surface area contributed by atoms with Gasteiger partial charge in [0.15, 0.2) is 0 Å². The number of pyridine rings is 2. The van der Waals surface area contributed by atoms with Gasteiger partial charge in [-0.3, -0.25) is 0 Å². The number of nitrogens with one attached hydrogen (secondary N) is 1. The molecule has 0 spiro atoms. The Balaban J connectivity index is 0.00000267. The number of fused-ring (bicyclic) bond motifs is 1. The van der Waals surface area contributed by atoms with Crippen molar-refractivity contribution in [3.8, 4) is 17.3 Å². The molecule has 2 saturated carbocycles. The van der Waals surface area contributed by atoms with E-state index in [9.17, 15) is 10.4 Å². The lowest BCUT2D eigenvalue weighted by Crippen LogP contribution is -2.21. The molecule has 1 aromatic carbocycles. The van der Waals surface area contributed by atoms with Crippen molar-refractivity contribution in [3.05, 3.63) is 65.6 Å². The number of nitriles is 1. The second kappa shape index (κ2) is 9.88. The largest absolute Gasteiger partial charge is 0.393 e. The van der Waals surface area contributed by atoms with Gasteiger partial charge in [-0.25, -0.2) is 15.0 Å². The van der Waals surface area contributed by atoms with Crippen molar-refractivity contribution in [2.75, 3.05) is 5.32 Å². The third kappa shape index (κ3) is 4.79. The maximum Gasteiger partial charge on any atom is 0.132 e. The number of hydrogen-bond donors (Lipinski definition) is 2. The maximum atomic E-state index is 9.98. The van der Waals surface area contributed by atoms with Crippen molar-refractivity contribution in [3.63, 3.8) is 0 Å². The molecule has 3 aromatic heterocycles. The number of aryl methyl sites for hydroxylation is 1. The van der Waals surface area contributed by atoms with E-state index < -0.39 is 0 Å². The molecule has 8 heteroatoms. The maximum absolute atomic E-state index is 9.98. The summed E-state index contributed by atoms with van der Waals surface area (Å²) in [6, 6.07) is 16.6. The van der Waals surface area contributed by atoms with Gasteiger partial charge in [-0.15, -0.1) is 12.4 Å². The third-order valence-corrected chi connectivity index (χ3v) is 7.23. The van der Waals surface area contributed by atoms with Crippen LogP contribution in [0.25, 0.3) is 22.3 Å². The van der Waals surface area contributed by atoms with Gasteiger partial charge in [0.2, 0.25) is 0 Å². The topological polar surface area (TPSA) is 99.7 Å². The van der Waals surface area contributed by atoms with Gasteiger partial charge in [0.05, 0.1) is 34.5 Å². The van der Waals surface area contributed by atoms with Crippen molar-refractivity contribution in [2.24, 2.45) is 0 Å². The van der Waals surface area contributed by atoms with E-state index in [2.05, 4.69) is 58.2 Å². The minimum atomic E-state index is -0.180. The van der Waals surface area contributed by atoms with Crippen LogP contribution in [0.1, 0.15) is 67.4 Å². The van der Waals surface area contributed by atoms with E-state index >= 15 is 0 Å². The quantitative estimate of drug-likeness (QED) is 0.339. The second-order valence-corrected chi connectivity index (χ2v) is 9.81. The molecule has 3 heterocycles. The van der Waals surface area contributed by atoms with E-state index in [0.717, 1.165) is 59.6 Å². The minimum absolute atomic E-state index is 0. The van der Waals surface area contributed by atoms with Gasteiger partial charge < -0.3 is 15.0 Å². The number of hydrogen-bond acceptors (Lipinski definition) is 6. The van der Waals surface area contributed by atoms with E-state index in [4.69, 9.17) is 9.97 Å². The fourth-order valence-electron chi connectivity index (χ4n) is 5.27. The summed E-state index contributed by atoms with van der Waals surface area (Å²) in [4.78, 5) is 14.1. The Kier molecular flexibility index (Phi) is 6.65. The Bertz CT molecular complexity index is 1450. The van der Waals surface area contributed by atoms with Gasteiger partial charge >= 0.3 is 0 Å². The van der Waals surface area contributed by atoms with Crippen molar-refractivity contribution in [1.29, 1.82) is 5.26 Å². The Morgan fingerprint density at radius 2 is 1.78 bits per heavy atom. The predicted octanol–water partition coefficient (Wildman–Crippen LogP) is 6.19.